The summed E-state index contributed by atoms with van der Waals surface area (Å²) in [5, 5.41) is 17.3. The van der Waals surface area contributed by atoms with Crippen LogP contribution in [0, 0.1) is 0 Å². The molecule has 0 saturated carbocycles. The van der Waals surface area contributed by atoms with Crippen molar-refractivity contribution < 1.29 is 19.1 Å². The van der Waals surface area contributed by atoms with Crippen LogP contribution in [0.25, 0.3) is 0 Å². The number of ether oxygens (including phenoxy) is 2. The van der Waals surface area contributed by atoms with Crippen molar-refractivity contribution in [2.24, 2.45) is 0 Å². The molecule has 3 N–H and O–H groups in total. The second-order valence-electron chi connectivity index (χ2n) is 8.69. The van der Waals surface area contributed by atoms with Crippen LogP contribution >= 0.6 is 0 Å². The lowest BCUT2D eigenvalue weighted by atomic mass is 10.2. The minimum Gasteiger partial charge on any atom is -0.378 e. The normalized spacial score (nSPS) is 11.3. The molecule has 0 aliphatic rings. The lowest BCUT2D eigenvalue weighted by Crippen LogP contribution is -2.29. The highest BCUT2D eigenvalue weighted by atomic mass is 16.5. The Morgan fingerprint density at radius 3 is 2.30 bits per heavy atom. The number of unbranched alkanes of at least 4 members (excludes halogenated alkanes) is 1. The number of nitrogens with one attached hydrogen (secondary N) is 3. The molecule has 1 aromatic rings. The van der Waals surface area contributed by atoms with Crippen molar-refractivity contribution in [3.05, 3.63) is 11.9 Å². The number of hydrogen-bond acceptors (Lipinski definition) is 7. The third-order valence-electron chi connectivity index (χ3n) is 4.65. The summed E-state index contributed by atoms with van der Waals surface area (Å²) in [6.45, 7) is 12.4. The molecule has 1 aromatic heterocycles. The fourth-order valence-electron chi connectivity index (χ4n) is 3.04. The van der Waals surface area contributed by atoms with E-state index in [1.54, 1.807) is 4.68 Å². The van der Waals surface area contributed by atoms with E-state index in [0.717, 1.165) is 44.5 Å². The fourth-order valence-corrected chi connectivity index (χ4v) is 3.04. The Labute approximate surface area is 198 Å². The van der Waals surface area contributed by atoms with Crippen LogP contribution < -0.4 is 16.0 Å². The van der Waals surface area contributed by atoms with Crippen LogP contribution in [-0.4, -0.2) is 78.4 Å². The van der Waals surface area contributed by atoms with Gasteiger partial charge in [0, 0.05) is 50.8 Å². The van der Waals surface area contributed by atoms with E-state index >= 15 is 0 Å². The summed E-state index contributed by atoms with van der Waals surface area (Å²) in [6.07, 6.45) is 6.03. The Morgan fingerprint density at radius 2 is 1.61 bits per heavy atom. The van der Waals surface area contributed by atoms with Crippen molar-refractivity contribution in [2.45, 2.75) is 84.8 Å². The first-order valence-electron chi connectivity index (χ1n) is 12.2. The van der Waals surface area contributed by atoms with Crippen LogP contribution in [0.4, 0.5) is 0 Å². The van der Waals surface area contributed by atoms with E-state index < -0.39 is 0 Å². The average molecular weight is 469 g/mol. The molecule has 2 amide bonds. The van der Waals surface area contributed by atoms with Crippen LogP contribution in [0.15, 0.2) is 6.20 Å². The summed E-state index contributed by atoms with van der Waals surface area (Å²) in [7, 11) is 0. The molecule has 0 atom stereocenters. The Kier molecular flexibility index (Phi) is 16.2. The van der Waals surface area contributed by atoms with Crippen molar-refractivity contribution >= 4 is 11.8 Å². The quantitative estimate of drug-likeness (QED) is 0.248. The highest BCUT2D eigenvalue weighted by Crippen LogP contribution is 2.04. The maximum Gasteiger partial charge on any atom is 0.220 e. The molecule has 10 nitrogen and oxygen atoms in total. The van der Waals surface area contributed by atoms with Gasteiger partial charge >= 0.3 is 0 Å². The zero-order chi connectivity index (χ0) is 24.3. The van der Waals surface area contributed by atoms with Crippen LogP contribution in [0.5, 0.6) is 0 Å². The Hall–Kier alpha value is -2.04. The third kappa shape index (κ3) is 17.1. The van der Waals surface area contributed by atoms with Gasteiger partial charge in [-0.25, -0.2) is 0 Å². The van der Waals surface area contributed by atoms with Gasteiger partial charge in [-0.3, -0.25) is 14.3 Å². The SMILES string of the molecule is CC(C)NCCOCCOCCNC(=O)CCCCn1cc(CCCC(=O)NC(C)C)nn1. The number of aryl methyl sites for hydroxylation is 2. The maximum atomic E-state index is 11.9. The first kappa shape index (κ1) is 29.0. The second kappa shape index (κ2) is 18.4. The van der Waals surface area contributed by atoms with Crippen molar-refractivity contribution in [2.75, 3.05) is 39.5 Å². The summed E-state index contributed by atoms with van der Waals surface area (Å²) < 4.78 is 12.7. The predicted octanol–water partition coefficient (Wildman–Crippen LogP) is 1.44. The molecule has 1 rings (SSSR count). The smallest absolute Gasteiger partial charge is 0.220 e. The molecular weight excluding hydrogens is 424 g/mol. The van der Waals surface area contributed by atoms with E-state index in [2.05, 4.69) is 40.1 Å². The zero-order valence-electron chi connectivity index (χ0n) is 20.9. The Balaban J connectivity index is 1.96. The molecule has 0 aliphatic carbocycles. The molecule has 0 spiro atoms. The van der Waals surface area contributed by atoms with Gasteiger partial charge in [0.1, 0.15) is 0 Å². The number of hydrogen-bond donors (Lipinski definition) is 3. The van der Waals surface area contributed by atoms with Gasteiger partial charge in [0.2, 0.25) is 11.8 Å². The topological polar surface area (TPSA) is 119 Å². The molecule has 0 fully saturated rings. The van der Waals surface area contributed by atoms with Gasteiger partial charge in [-0.2, -0.15) is 0 Å². The Bertz CT molecular complexity index is 651. The highest BCUT2D eigenvalue weighted by Gasteiger charge is 2.06. The molecule has 190 valence electrons. The molecule has 0 bridgehead atoms. The van der Waals surface area contributed by atoms with Gasteiger partial charge in [-0.15, -0.1) is 5.10 Å². The largest absolute Gasteiger partial charge is 0.378 e. The highest BCUT2D eigenvalue weighted by molar-refractivity contribution is 5.76. The first-order valence-corrected chi connectivity index (χ1v) is 12.2. The minimum atomic E-state index is 0.0357. The average Bonchev–Trinajstić information content (AvgIpc) is 3.19. The number of rotatable bonds is 20. The van der Waals surface area contributed by atoms with Crippen molar-refractivity contribution in [1.82, 2.24) is 30.9 Å². The van der Waals surface area contributed by atoms with Crippen LogP contribution in [0.2, 0.25) is 0 Å². The number of carbonyl (C=O) groups is 2. The molecule has 0 saturated heterocycles. The zero-order valence-corrected chi connectivity index (χ0v) is 20.9. The monoisotopic (exact) mass is 468 g/mol. The van der Waals surface area contributed by atoms with Crippen LogP contribution in [0.3, 0.4) is 0 Å². The summed E-state index contributed by atoms with van der Waals surface area (Å²) in [6, 6.07) is 0.635. The van der Waals surface area contributed by atoms with Gasteiger partial charge in [0.25, 0.3) is 0 Å². The van der Waals surface area contributed by atoms with Crippen molar-refractivity contribution in [3.8, 4) is 0 Å². The van der Waals surface area contributed by atoms with Crippen molar-refractivity contribution in [3.63, 3.8) is 0 Å². The van der Waals surface area contributed by atoms with E-state index in [1.807, 2.05) is 20.0 Å². The molecule has 0 aliphatic heterocycles. The van der Waals surface area contributed by atoms with Gasteiger partial charge in [-0.1, -0.05) is 19.1 Å². The summed E-state index contributed by atoms with van der Waals surface area (Å²) >= 11 is 0. The van der Waals surface area contributed by atoms with Gasteiger partial charge in [0.05, 0.1) is 32.1 Å². The van der Waals surface area contributed by atoms with E-state index in [-0.39, 0.29) is 17.9 Å². The molecule has 10 heteroatoms. The molecular formula is C23H44N6O4. The second-order valence-corrected chi connectivity index (χ2v) is 8.69. The molecule has 33 heavy (non-hydrogen) atoms. The molecule has 0 unspecified atom stereocenters. The maximum absolute atomic E-state index is 11.9. The lowest BCUT2D eigenvalue weighted by Gasteiger charge is -2.09. The third-order valence-corrected chi connectivity index (χ3v) is 4.65. The van der Waals surface area contributed by atoms with Gasteiger partial charge < -0.3 is 25.4 Å². The predicted molar refractivity (Wildman–Crippen MR) is 128 cm³/mol. The van der Waals surface area contributed by atoms with Crippen LogP contribution in [0.1, 0.15) is 65.5 Å². The van der Waals surface area contributed by atoms with E-state index in [0.29, 0.717) is 51.9 Å². The fraction of sp³-hybridized carbons (Fsp3) is 0.826. The molecule has 0 aromatic carbocycles. The first-order chi connectivity index (χ1) is 15.9. The number of carbonyl (C=O) groups excluding carboxylic acids is 2. The van der Waals surface area contributed by atoms with Crippen LogP contribution in [-0.2, 0) is 32.0 Å². The Morgan fingerprint density at radius 1 is 0.909 bits per heavy atom. The van der Waals surface area contributed by atoms with E-state index in [9.17, 15) is 9.59 Å². The lowest BCUT2D eigenvalue weighted by molar-refractivity contribution is -0.122. The number of nitrogens with zero attached hydrogens (tertiary/aromatic N) is 3. The van der Waals surface area contributed by atoms with E-state index in [1.165, 1.54) is 0 Å². The van der Waals surface area contributed by atoms with E-state index in [4.69, 9.17) is 9.47 Å². The van der Waals surface area contributed by atoms with Gasteiger partial charge in [-0.05, 0) is 39.5 Å². The molecule has 1 heterocycles. The summed E-state index contributed by atoms with van der Waals surface area (Å²) in [5.74, 6) is 0.107. The minimum absolute atomic E-state index is 0.0357. The summed E-state index contributed by atoms with van der Waals surface area (Å²) in [5.41, 5.74) is 0.891. The standard InChI is InChI=1S/C23H44N6O4/c1-19(2)24-11-14-32-16-17-33-15-12-25-22(30)9-5-6-13-29-18-21(27-28-29)8-7-10-23(31)26-20(3)4/h18-20,24H,5-17H2,1-4H3,(H,25,30)(H,26,31). The number of amides is 2. The van der Waals surface area contributed by atoms with Crippen molar-refractivity contribution in [1.29, 1.82) is 0 Å². The number of aromatic nitrogens is 3. The molecule has 0 radical (unpaired) electrons. The van der Waals surface area contributed by atoms with Gasteiger partial charge in [0.15, 0.2) is 0 Å². The summed E-state index contributed by atoms with van der Waals surface area (Å²) in [4.78, 5) is 23.5.